The third-order valence-electron chi connectivity index (χ3n) is 4.61. The first-order chi connectivity index (χ1) is 13.8. The molecule has 0 saturated heterocycles. The first kappa shape index (κ1) is 20.8. The number of methoxy groups -OCH3 is 1. The molecule has 0 aliphatic heterocycles. The average molecular weight is 415 g/mol. The van der Waals surface area contributed by atoms with Crippen LogP contribution in [0, 0.1) is 6.92 Å². The van der Waals surface area contributed by atoms with Crippen molar-refractivity contribution in [3.63, 3.8) is 0 Å². The van der Waals surface area contributed by atoms with Crippen molar-refractivity contribution in [3.8, 4) is 0 Å². The predicted molar refractivity (Wildman–Crippen MR) is 111 cm³/mol. The van der Waals surface area contributed by atoms with Crippen molar-refractivity contribution in [2.24, 2.45) is 0 Å². The molecular weight excluding hydrogens is 392 g/mol. The summed E-state index contributed by atoms with van der Waals surface area (Å²) >= 11 is 6.31. The molecule has 0 aliphatic carbocycles. The van der Waals surface area contributed by atoms with Crippen molar-refractivity contribution >= 4 is 34.5 Å². The Morgan fingerprint density at radius 1 is 1.28 bits per heavy atom. The third kappa shape index (κ3) is 4.40. The van der Waals surface area contributed by atoms with Crippen LogP contribution in [-0.4, -0.2) is 33.8 Å². The van der Waals surface area contributed by atoms with Crippen molar-refractivity contribution in [3.05, 3.63) is 58.4 Å². The van der Waals surface area contributed by atoms with Crippen LogP contribution < -0.4 is 5.32 Å². The number of nitrogens with one attached hydrogen (secondary N) is 1. The number of halogens is 1. The highest BCUT2D eigenvalue weighted by atomic mass is 35.5. The number of esters is 1. The third-order valence-corrected chi connectivity index (χ3v) is 4.96. The summed E-state index contributed by atoms with van der Waals surface area (Å²) in [5.74, 6) is -0.781. The number of aromatic nitrogens is 3. The van der Waals surface area contributed by atoms with E-state index in [1.54, 1.807) is 41.2 Å². The fourth-order valence-electron chi connectivity index (χ4n) is 3.19. The highest BCUT2D eigenvalue weighted by Gasteiger charge is 2.24. The Labute approximate surface area is 174 Å². The van der Waals surface area contributed by atoms with Crippen LogP contribution in [0.4, 0.5) is 0 Å². The van der Waals surface area contributed by atoms with Crippen molar-refractivity contribution in [2.45, 2.75) is 39.3 Å². The van der Waals surface area contributed by atoms with E-state index in [4.69, 9.17) is 16.3 Å². The Morgan fingerprint density at radius 3 is 2.66 bits per heavy atom. The van der Waals surface area contributed by atoms with Gasteiger partial charge in [0.1, 0.15) is 0 Å². The van der Waals surface area contributed by atoms with E-state index in [1.807, 2.05) is 20.8 Å². The quantitative estimate of drug-likeness (QED) is 0.616. The monoisotopic (exact) mass is 414 g/mol. The van der Waals surface area contributed by atoms with Gasteiger partial charge in [-0.15, -0.1) is 0 Å². The molecule has 152 valence electrons. The van der Waals surface area contributed by atoms with Gasteiger partial charge in [-0.25, -0.2) is 9.67 Å². The molecule has 0 bridgehead atoms. The van der Waals surface area contributed by atoms with E-state index in [0.29, 0.717) is 32.9 Å². The number of amides is 1. The summed E-state index contributed by atoms with van der Waals surface area (Å²) in [6.45, 7) is 5.83. The van der Waals surface area contributed by atoms with Crippen molar-refractivity contribution in [2.75, 3.05) is 7.11 Å². The number of benzene rings is 1. The van der Waals surface area contributed by atoms with Gasteiger partial charge in [-0.1, -0.05) is 29.8 Å². The maximum absolute atomic E-state index is 13.2. The van der Waals surface area contributed by atoms with Crippen molar-refractivity contribution in [1.82, 2.24) is 20.1 Å². The summed E-state index contributed by atoms with van der Waals surface area (Å²) in [5.41, 5.74) is 2.44. The molecule has 3 rings (SSSR count). The van der Waals surface area contributed by atoms with Crippen LogP contribution in [0.2, 0.25) is 5.02 Å². The number of aryl methyl sites for hydroxylation is 1. The van der Waals surface area contributed by atoms with Crippen LogP contribution >= 0.6 is 11.6 Å². The Hall–Kier alpha value is -2.93. The maximum Gasteiger partial charge on any atom is 0.307 e. The van der Waals surface area contributed by atoms with E-state index in [1.165, 1.54) is 7.11 Å². The van der Waals surface area contributed by atoms with Gasteiger partial charge in [-0.2, -0.15) is 5.10 Å². The number of carbonyl (C=O) groups is 2. The Bertz CT molecular complexity index is 1060. The highest BCUT2D eigenvalue weighted by molar-refractivity contribution is 6.31. The number of nitrogens with zero attached hydrogens (tertiary/aromatic N) is 3. The predicted octanol–water partition coefficient (Wildman–Crippen LogP) is 4.01. The normalized spacial score (nSPS) is 12.2. The van der Waals surface area contributed by atoms with Gasteiger partial charge in [0.25, 0.3) is 5.91 Å². The zero-order valence-electron chi connectivity index (χ0n) is 16.8. The van der Waals surface area contributed by atoms with Gasteiger partial charge in [0.15, 0.2) is 5.65 Å². The molecule has 0 fully saturated rings. The average Bonchev–Trinajstić information content (AvgIpc) is 3.10. The van der Waals surface area contributed by atoms with Crippen molar-refractivity contribution in [1.29, 1.82) is 0 Å². The minimum Gasteiger partial charge on any atom is -0.469 e. The molecule has 29 heavy (non-hydrogen) atoms. The molecule has 7 nitrogen and oxygen atoms in total. The number of fused-ring (bicyclic) bond motifs is 1. The smallest absolute Gasteiger partial charge is 0.307 e. The Balaban J connectivity index is 2.00. The number of rotatable bonds is 6. The lowest BCUT2D eigenvalue weighted by molar-refractivity contribution is -0.141. The van der Waals surface area contributed by atoms with Gasteiger partial charge in [0, 0.05) is 16.8 Å². The highest BCUT2D eigenvalue weighted by Crippen LogP contribution is 2.27. The fraction of sp³-hybridized carbons (Fsp3) is 0.333. The molecule has 1 atom stereocenters. The van der Waals surface area contributed by atoms with Gasteiger partial charge < -0.3 is 10.1 Å². The second kappa shape index (κ2) is 8.61. The molecule has 8 heteroatoms. The van der Waals surface area contributed by atoms with E-state index in [0.717, 1.165) is 0 Å². The molecule has 0 radical (unpaired) electrons. The zero-order valence-corrected chi connectivity index (χ0v) is 17.5. The molecule has 1 unspecified atom stereocenters. The van der Waals surface area contributed by atoms with Crippen LogP contribution in [0.15, 0.2) is 36.5 Å². The summed E-state index contributed by atoms with van der Waals surface area (Å²) in [6, 6.07) is 8.28. The van der Waals surface area contributed by atoms with Gasteiger partial charge in [-0.3, -0.25) is 9.59 Å². The summed E-state index contributed by atoms with van der Waals surface area (Å²) in [6.07, 6.45) is 1.60. The van der Waals surface area contributed by atoms with Gasteiger partial charge in [0.05, 0.1) is 36.7 Å². The van der Waals surface area contributed by atoms with E-state index in [2.05, 4.69) is 15.4 Å². The van der Waals surface area contributed by atoms with Crippen molar-refractivity contribution < 1.29 is 14.3 Å². The second-order valence-corrected chi connectivity index (χ2v) is 7.47. The summed E-state index contributed by atoms with van der Waals surface area (Å²) < 4.78 is 6.57. The van der Waals surface area contributed by atoms with E-state index >= 15 is 0 Å². The number of ether oxygens (including phenoxy) is 1. The summed E-state index contributed by atoms with van der Waals surface area (Å²) in [7, 11) is 1.31. The van der Waals surface area contributed by atoms with E-state index < -0.39 is 12.0 Å². The Morgan fingerprint density at radius 2 is 2.00 bits per heavy atom. The first-order valence-electron chi connectivity index (χ1n) is 9.28. The lowest BCUT2D eigenvalue weighted by atomic mass is 10.0. The molecule has 0 aliphatic rings. The summed E-state index contributed by atoms with van der Waals surface area (Å²) in [4.78, 5) is 29.7. The Kier molecular flexibility index (Phi) is 6.17. The molecule has 0 spiro atoms. The first-order valence-corrected chi connectivity index (χ1v) is 9.66. The summed E-state index contributed by atoms with van der Waals surface area (Å²) in [5, 5.41) is 8.41. The van der Waals surface area contributed by atoms with E-state index in [-0.39, 0.29) is 18.4 Å². The minimum atomic E-state index is -0.632. The molecule has 0 saturated carbocycles. The van der Waals surface area contributed by atoms with Crippen LogP contribution in [0.5, 0.6) is 0 Å². The largest absolute Gasteiger partial charge is 0.469 e. The van der Waals surface area contributed by atoms with E-state index in [9.17, 15) is 9.59 Å². The van der Waals surface area contributed by atoms with Gasteiger partial charge in [-0.05, 0) is 38.5 Å². The van der Waals surface area contributed by atoms with Gasteiger partial charge in [0.2, 0.25) is 0 Å². The number of pyridine rings is 1. The molecule has 1 N–H and O–H groups in total. The number of hydrogen-bond donors (Lipinski definition) is 1. The van der Waals surface area contributed by atoms with Crippen LogP contribution in [0.25, 0.3) is 11.0 Å². The molecule has 1 aromatic carbocycles. The molecular formula is C21H23ClN4O3. The lowest BCUT2D eigenvalue weighted by Crippen LogP contribution is -2.31. The second-order valence-electron chi connectivity index (χ2n) is 7.06. The maximum atomic E-state index is 13.2. The zero-order chi connectivity index (χ0) is 21.1. The van der Waals surface area contributed by atoms with Crippen LogP contribution in [0.3, 0.4) is 0 Å². The number of carbonyl (C=O) groups excluding carboxylic acids is 2. The molecule has 1 amide bonds. The molecule has 3 aromatic rings. The van der Waals surface area contributed by atoms with Crippen LogP contribution in [-0.2, 0) is 9.53 Å². The minimum absolute atomic E-state index is 0.0373. The lowest BCUT2D eigenvalue weighted by Gasteiger charge is -2.20. The fourth-order valence-corrected chi connectivity index (χ4v) is 3.46. The topological polar surface area (TPSA) is 86.1 Å². The molecule has 2 heterocycles. The van der Waals surface area contributed by atoms with Gasteiger partial charge >= 0.3 is 5.97 Å². The number of hydrogen-bond acceptors (Lipinski definition) is 5. The van der Waals surface area contributed by atoms with Crippen LogP contribution in [0.1, 0.15) is 54.0 Å². The standard InChI is InChI=1S/C21H23ClN4O3/c1-12(2)26-20-16(11-23-26)15(9-13(3)24-20)21(28)25-18(10-19(27)29-4)14-7-5-6-8-17(14)22/h5-9,11-12,18H,10H2,1-4H3,(H,25,28). The molecule has 2 aromatic heterocycles. The SMILES string of the molecule is COC(=O)CC(NC(=O)c1cc(C)nc2c1cnn2C(C)C)c1ccccc1Cl.